The molecule has 90 valence electrons. The third kappa shape index (κ3) is 2.10. The molecular weight excluding hydrogens is 204 g/mol. The van der Waals surface area contributed by atoms with Crippen molar-refractivity contribution in [3.63, 3.8) is 0 Å². The molecule has 0 unspecified atom stereocenters. The standard InChI is InChI=1S/C11H20N4O/c1-3-12-9-4-6-11(16,7-5-9)10-8-13-14-15(10)2/h8-9,12,16H,3-7H2,1-2H3. The summed E-state index contributed by atoms with van der Waals surface area (Å²) in [7, 11) is 1.83. The fourth-order valence-electron chi connectivity index (χ4n) is 2.56. The largest absolute Gasteiger partial charge is 0.384 e. The second-order valence-corrected chi connectivity index (χ2v) is 4.61. The van der Waals surface area contributed by atoms with Crippen LogP contribution in [0.15, 0.2) is 6.20 Å². The Morgan fingerprint density at radius 1 is 1.56 bits per heavy atom. The minimum Gasteiger partial charge on any atom is -0.384 e. The summed E-state index contributed by atoms with van der Waals surface area (Å²) in [6, 6.07) is 0.548. The van der Waals surface area contributed by atoms with Gasteiger partial charge in [0.1, 0.15) is 5.60 Å². The van der Waals surface area contributed by atoms with Crippen LogP contribution in [0.4, 0.5) is 0 Å². The molecule has 0 amide bonds. The summed E-state index contributed by atoms with van der Waals surface area (Å²) < 4.78 is 1.67. The summed E-state index contributed by atoms with van der Waals surface area (Å²) in [6.07, 6.45) is 5.26. The number of aryl methyl sites for hydroxylation is 1. The van der Waals surface area contributed by atoms with Crippen LogP contribution in [0, 0.1) is 0 Å². The van der Waals surface area contributed by atoms with Gasteiger partial charge in [-0.25, -0.2) is 4.68 Å². The van der Waals surface area contributed by atoms with Gasteiger partial charge in [0, 0.05) is 13.1 Å². The minimum atomic E-state index is -0.732. The average molecular weight is 224 g/mol. The van der Waals surface area contributed by atoms with E-state index in [0.29, 0.717) is 6.04 Å². The first-order valence-electron chi connectivity index (χ1n) is 5.96. The SMILES string of the molecule is CCNC1CCC(O)(c2cnnn2C)CC1. The molecule has 2 rings (SSSR count). The van der Waals surface area contributed by atoms with Gasteiger partial charge >= 0.3 is 0 Å². The molecule has 16 heavy (non-hydrogen) atoms. The highest BCUT2D eigenvalue weighted by Gasteiger charge is 2.36. The van der Waals surface area contributed by atoms with Gasteiger partial charge in [0.15, 0.2) is 0 Å². The molecule has 5 nitrogen and oxygen atoms in total. The third-order valence-electron chi connectivity index (χ3n) is 3.50. The summed E-state index contributed by atoms with van der Waals surface area (Å²) in [5.41, 5.74) is 0.104. The monoisotopic (exact) mass is 224 g/mol. The van der Waals surface area contributed by atoms with Gasteiger partial charge in [0.05, 0.1) is 11.9 Å². The summed E-state index contributed by atoms with van der Waals surface area (Å²) in [5.74, 6) is 0. The molecule has 1 fully saturated rings. The maximum Gasteiger partial charge on any atom is 0.108 e. The molecule has 1 aliphatic rings. The molecule has 1 heterocycles. The maximum atomic E-state index is 10.6. The van der Waals surface area contributed by atoms with Gasteiger partial charge in [-0.15, -0.1) is 5.10 Å². The predicted molar refractivity (Wildman–Crippen MR) is 60.8 cm³/mol. The van der Waals surface area contributed by atoms with Crippen LogP contribution in [0.2, 0.25) is 0 Å². The van der Waals surface area contributed by atoms with Crippen LogP contribution in [0.1, 0.15) is 38.3 Å². The van der Waals surface area contributed by atoms with E-state index in [9.17, 15) is 5.11 Å². The highest BCUT2D eigenvalue weighted by atomic mass is 16.3. The van der Waals surface area contributed by atoms with Crippen LogP contribution in [-0.4, -0.2) is 32.7 Å². The maximum absolute atomic E-state index is 10.6. The topological polar surface area (TPSA) is 63.0 Å². The molecule has 1 aromatic heterocycles. The molecule has 0 spiro atoms. The second kappa shape index (κ2) is 4.51. The smallest absolute Gasteiger partial charge is 0.108 e. The Kier molecular flexibility index (Phi) is 3.25. The molecule has 0 aliphatic heterocycles. The Balaban J connectivity index is 2.04. The van der Waals surface area contributed by atoms with Crippen molar-refractivity contribution >= 4 is 0 Å². The number of nitrogens with zero attached hydrogens (tertiary/aromatic N) is 3. The second-order valence-electron chi connectivity index (χ2n) is 4.61. The Morgan fingerprint density at radius 3 is 2.75 bits per heavy atom. The molecule has 1 aromatic rings. The van der Waals surface area contributed by atoms with E-state index >= 15 is 0 Å². The lowest BCUT2D eigenvalue weighted by atomic mass is 9.80. The fourth-order valence-corrected chi connectivity index (χ4v) is 2.56. The van der Waals surface area contributed by atoms with Gasteiger partial charge in [0.25, 0.3) is 0 Å². The van der Waals surface area contributed by atoms with Gasteiger partial charge in [-0.1, -0.05) is 12.1 Å². The Morgan fingerprint density at radius 2 is 2.25 bits per heavy atom. The third-order valence-corrected chi connectivity index (χ3v) is 3.50. The first-order chi connectivity index (χ1) is 7.65. The lowest BCUT2D eigenvalue weighted by Crippen LogP contribution is -2.40. The molecule has 0 saturated heterocycles. The highest BCUT2D eigenvalue weighted by Crippen LogP contribution is 2.36. The highest BCUT2D eigenvalue weighted by molar-refractivity contribution is 5.09. The zero-order valence-corrected chi connectivity index (χ0v) is 9.98. The van der Waals surface area contributed by atoms with Crippen LogP contribution >= 0.6 is 0 Å². The zero-order chi connectivity index (χ0) is 11.6. The summed E-state index contributed by atoms with van der Waals surface area (Å²) in [6.45, 7) is 3.11. The lowest BCUT2D eigenvalue weighted by molar-refractivity contribution is -0.0151. The van der Waals surface area contributed by atoms with Crippen LogP contribution < -0.4 is 5.32 Å². The van der Waals surface area contributed by atoms with E-state index in [2.05, 4.69) is 22.6 Å². The van der Waals surface area contributed by atoms with Crippen molar-refractivity contribution in [2.75, 3.05) is 6.54 Å². The molecule has 0 bridgehead atoms. The van der Waals surface area contributed by atoms with Gasteiger partial charge in [-0.2, -0.15) is 0 Å². The van der Waals surface area contributed by atoms with Crippen molar-refractivity contribution in [2.24, 2.45) is 7.05 Å². The lowest BCUT2D eigenvalue weighted by Gasteiger charge is -2.35. The van der Waals surface area contributed by atoms with E-state index in [-0.39, 0.29) is 0 Å². The van der Waals surface area contributed by atoms with Crippen molar-refractivity contribution in [3.05, 3.63) is 11.9 Å². The molecule has 0 atom stereocenters. The van der Waals surface area contributed by atoms with Gasteiger partial charge in [-0.05, 0) is 32.2 Å². The molecular formula is C11H20N4O. The van der Waals surface area contributed by atoms with Crippen molar-refractivity contribution in [3.8, 4) is 0 Å². The Hall–Kier alpha value is -0.940. The van der Waals surface area contributed by atoms with Gasteiger partial charge < -0.3 is 10.4 Å². The van der Waals surface area contributed by atoms with E-state index in [1.165, 1.54) is 0 Å². The van der Waals surface area contributed by atoms with E-state index in [1.54, 1.807) is 10.9 Å². The van der Waals surface area contributed by atoms with Gasteiger partial charge in [0.2, 0.25) is 0 Å². The van der Waals surface area contributed by atoms with Crippen LogP contribution in [-0.2, 0) is 12.6 Å². The molecule has 2 N–H and O–H groups in total. The first kappa shape index (κ1) is 11.5. The minimum absolute atomic E-state index is 0.548. The predicted octanol–water partition coefficient (Wildman–Crippen LogP) is 0.555. The number of hydrogen-bond acceptors (Lipinski definition) is 4. The number of aliphatic hydroxyl groups is 1. The van der Waals surface area contributed by atoms with Crippen molar-refractivity contribution < 1.29 is 5.11 Å². The zero-order valence-electron chi connectivity index (χ0n) is 9.98. The summed E-state index contributed by atoms with van der Waals surface area (Å²) >= 11 is 0. The van der Waals surface area contributed by atoms with Crippen molar-refractivity contribution in [2.45, 2.75) is 44.2 Å². The molecule has 0 aromatic carbocycles. The molecule has 1 saturated carbocycles. The van der Waals surface area contributed by atoms with Crippen LogP contribution in [0.5, 0.6) is 0 Å². The van der Waals surface area contributed by atoms with E-state index in [4.69, 9.17) is 0 Å². The molecule has 0 radical (unpaired) electrons. The van der Waals surface area contributed by atoms with E-state index < -0.39 is 5.60 Å². The van der Waals surface area contributed by atoms with E-state index in [1.807, 2.05) is 7.05 Å². The normalized spacial score (nSPS) is 30.6. The van der Waals surface area contributed by atoms with Crippen molar-refractivity contribution in [1.82, 2.24) is 20.3 Å². The number of rotatable bonds is 3. The van der Waals surface area contributed by atoms with Crippen LogP contribution in [0.3, 0.4) is 0 Å². The number of hydrogen-bond donors (Lipinski definition) is 2. The molecule has 1 aliphatic carbocycles. The van der Waals surface area contributed by atoms with Crippen molar-refractivity contribution in [1.29, 1.82) is 0 Å². The quantitative estimate of drug-likeness (QED) is 0.787. The Bertz CT molecular complexity index is 342. The average Bonchev–Trinajstić information content (AvgIpc) is 2.69. The van der Waals surface area contributed by atoms with E-state index in [0.717, 1.165) is 37.9 Å². The van der Waals surface area contributed by atoms with Crippen LogP contribution in [0.25, 0.3) is 0 Å². The number of aromatic nitrogens is 3. The first-order valence-corrected chi connectivity index (χ1v) is 5.96. The number of nitrogens with one attached hydrogen (secondary N) is 1. The summed E-state index contributed by atoms with van der Waals surface area (Å²) in [5, 5.41) is 21.7. The van der Waals surface area contributed by atoms with Gasteiger partial charge in [-0.3, -0.25) is 0 Å². The Labute approximate surface area is 95.8 Å². The fraction of sp³-hybridized carbons (Fsp3) is 0.818. The molecule has 5 heteroatoms. The summed E-state index contributed by atoms with van der Waals surface area (Å²) in [4.78, 5) is 0.